The largest absolute Gasteiger partial charge is 0.481 e. The average molecular weight is 272 g/mol. The lowest BCUT2D eigenvalue weighted by atomic mass is 10.2. The number of ether oxygens (including phenoxy) is 1. The zero-order valence-corrected chi connectivity index (χ0v) is 11.2. The Morgan fingerprint density at radius 2 is 1.89 bits per heavy atom. The van der Waals surface area contributed by atoms with Crippen molar-refractivity contribution >= 4 is 11.6 Å². The molecule has 0 spiro atoms. The smallest absolute Gasteiger partial charge is 0.149 e. The van der Waals surface area contributed by atoms with Crippen molar-refractivity contribution in [2.45, 2.75) is 6.54 Å². The zero-order chi connectivity index (χ0) is 13.5. The summed E-state index contributed by atoms with van der Waals surface area (Å²) in [7, 11) is 0. The van der Waals surface area contributed by atoms with Crippen LogP contribution in [0.3, 0.4) is 0 Å². The van der Waals surface area contributed by atoms with Crippen LogP contribution < -0.4 is 10.5 Å². The van der Waals surface area contributed by atoms with Crippen LogP contribution in [0.4, 0.5) is 0 Å². The molecule has 2 nitrogen and oxygen atoms in total. The van der Waals surface area contributed by atoms with Gasteiger partial charge in [-0.1, -0.05) is 41.6 Å². The Hall–Kier alpha value is -1.95. The van der Waals surface area contributed by atoms with Gasteiger partial charge >= 0.3 is 0 Å². The molecule has 3 heteroatoms. The maximum absolute atomic E-state index is 5.90. The van der Waals surface area contributed by atoms with Gasteiger partial charge in [0.2, 0.25) is 0 Å². The minimum atomic E-state index is 0.323. The summed E-state index contributed by atoms with van der Waals surface area (Å²) in [5.41, 5.74) is 7.50. The molecule has 0 saturated heterocycles. The van der Waals surface area contributed by atoms with E-state index >= 15 is 0 Å². The Bertz CT molecular complexity index is 599. The first-order valence-electron chi connectivity index (χ1n) is 5.95. The fraction of sp³-hybridized carbons (Fsp3) is 0.125. The zero-order valence-electron chi connectivity index (χ0n) is 10.4. The monoisotopic (exact) mass is 271 g/mol. The third kappa shape index (κ3) is 4.03. The van der Waals surface area contributed by atoms with Gasteiger partial charge in [-0.15, -0.1) is 0 Å². The molecule has 0 aliphatic carbocycles. The number of hydrogen-bond donors (Lipinski definition) is 1. The quantitative estimate of drug-likeness (QED) is 0.870. The minimum Gasteiger partial charge on any atom is -0.481 e. The standard InChI is InChI=1S/C16H14ClNO/c17-15-8-9-16(14(11-15)12-18)19-10-4-7-13-5-2-1-3-6-13/h1-3,5-6,8-9,11H,10,12,18H2. The van der Waals surface area contributed by atoms with E-state index in [1.165, 1.54) is 0 Å². The topological polar surface area (TPSA) is 35.2 Å². The maximum Gasteiger partial charge on any atom is 0.149 e. The molecule has 0 aliphatic rings. The van der Waals surface area contributed by atoms with Crippen LogP contribution in [-0.4, -0.2) is 6.61 Å². The van der Waals surface area contributed by atoms with Crippen molar-refractivity contribution in [3.63, 3.8) is 0 Å². The second-order valence-electron chi connectivity index (χ2n) is 3.91. The van der Waals surface area contributed by atoms with Crippen LogP contribution in [0.15, 0.2) is 48.5 Å². The Kier molecular flexibility index (Phi) is 4.85. The Labute approximate surface area is 118 Å². The van der Waals surface area contributed by atoms with E-state index in [0.29, 0.717) is 18.2 Å². The van der Waals surface area contributed by atoms with Crippen molar-refractivity contribution in [3.8, 4) is 17.6 Å². The van der Waals surface area contributed by atoms with Crippen LogP contribution in [0.2, 0.25) is 5.02 Å². The number of rotatable bonds is 3. The van der Waals surface area contributed by atoms with Crippen molar-refractivity contribution < 1.29 is 4.74 Å². The van der Waals surface area contributed by atoms with Gasteiger partial charge in [0.25, 0.3) is 0 Å². The molecule has 0 radical (unpaired) electrons. The van der Waals surface area contributed by atoms with Gasteiger partial charge in [0.05, 0.1) is 0 Å². The molecule has 96 valence electrons. The van der Waals surface area contributed by atoms with Gasteiger partial charge in [0.1, 0.15) is 12.4 Å². The SMILES string of the molecule is NCc1cc(Cl)ccc1OCC#Cc1ccccc1. The maximum atomic E-state index is 5.90. The summed E-state index contributed by atoms with van der Waals surface area (Å²) >= 11 is 5.90. The highest BCUT2D eigenvalue weighted by molar-refractivity contribution is 6.30. The second-order valence-corrected chi connectivity index (χ2v) is 4.35. The van der Waals surface area contributed by atoms with Crippen molar-refractivity contribution in [2.75, 3.05) is 6.61 Å². The van der Waals surface area contributed by atoms with E-state index < -0.39 is 0 Å². The van der Waals surface area contributed by atoms with Gasteiger partial charge in [-0.05, 0) is 30.3 Å². The molecule has 2 aromatic carbocycles. The Balaban J connectivity index is 1.98. The van der Waals surface area contributed by atoms with Crippen molar-refractivity contribution in [3.05, 3.63) is 64.7 Å². The van der Waals surface area contributed by atoms with Crippen LogP contribution in [0.25, 0.3) is 0 Å². The van der Waals surface area contributed by atoms with E-state index in [-0.39, 0.29) is 0 Å². The van der Waals surface area contributed by atoms with Gasteiger partial charge < -0.3 is 10.5 Å². The molecule has 2 rings (SSSR count). The predicted octanol–water partition coefficient (Wildman–Crippen LogP) is 3.23. The fourth-order valence-corrected chi connectivity index (χ4v) is 1.82. The molecular weight excluding hydrogens is 258 g/mol. The summed E-state index contributed by atoms with van der Waals surface area (Å²) in [6.45, 7) is 0.714. The summed E-state index contributed by atoms with van der Waals surface area (Å²) in [4.78, 5) is 0. The molecule has 0 unspecified atom stereocenters. The molecule has 19 heavy (non-hydrogen) atoms. The lowest BCUT2D eigenvalue weighted by Crippen LogP contribution is -2.02. The van der Waals surface area contributed by atoms with Gasteiger partial charge in [-0.3, -0.25) is 0 Å². The molecule has 0 aromatic heterocycles. The molecule has 0 amide bonds. The molecule has 2 N–H and O–H groups in total. The highest BCUT2D eigenvalue weighted by Crippen LogP contribution is 2.22. The molecule has 2 aromatic rings. The predicted molar refractivity (Wildman–Crippen MR) is 78.2 cm³/mol. The summed E-state index contributed by atoms with van der Waals surface area (Å²) in [5.74, 6) is 6.73. The summed E-state index contributed by atoms with van der Waals surface area (Å²) in [6, 6.07) is 15.2. The minimum absolute atomic E-state index is 0.323. The van der Waals surface area contributed by atoms with Crippen LogP contribution in [-0.2, 0) is 6.54 Å². The molecule has 0 bridgehead atoms. The van der Waals surface area contributed by atoms with Crippen LogP contribution >= 0.6 is 11.6 Å². The van der Waals surface area contributed by atoms with Crippen molar-refractivity contribution in [1.29, 1.82) is 0 Å². The van der Waals surface area contributed by atoms with Gasteiger partial charge in [0, 0.05) is 22.7 Å². The fourth-order valence-electron chi connectivity index (χ4n) is 1.62. The van der Waals surface area contributed by atoms with Crippen LogP contribution in [0.1, 0.15) is 11.1 Å². The van der Waals surface area contributed by atoms with Gasteiger partial charge in [-0.25, -0.2) is 0 Å². The number of hydrogen-bond acceptors (Lipinski definition) is 2. The third-order valence-electron chi connectivity index (χ3n) is 2.55. The highest BCUT2D eigenvalue weighted by Gasteiger charge is 2.02. The summed E-state index contributed by atoms with van der Waals surface area (Å²) < 4.78 is 5.59. The normalized spacial score (nSPS) is 9.58. The van der Waals surface area contributed by atoms with Crippen molar-refractivity contribution in [1.82, 2.24) is 0 Å². The molecule has 0 heterocycles. The van der Waals surface area contributed by atoms with E-state index in [1.807, 2.05) is 42.5 Å². The molecule has 0 atom stereocenters. The highest BCUT2D eigenvalue weighted by atomic mass is 35.5. The summed E-state index contributed by atoms with van der Waals surface area (Å²) in [5, 5.41) is 0.656. The first-order valence-corrected chi connectivity index (χ1v) is 6.32. The second kappa shape index (κ2) is 6.84. The Morgan fingerprint density at radius 3 is 2.63 bits per heavy atom. The lowest BCUT2D eigenvalue weighted by molar-refractivity contribution is 0.366. The lowest BCUT2D eigenvalue weighted by Gasteiger charge is -2.07. The Morgan fingerprint density at radius 1 is 1.11 bits per heavy atom. The van der Waals surface area contributed by atoms with Gasteiger partial charge in [-0.2, -0.15) is 0 Å². The number of nitrogens with two attached hydrogens (primary N) is 1. The first-order chi connectivity index (χ1) is 9.29. The third-order valence-corrected chi connectivity index (χ3v) is 2.78. The van der Waals surface area contributed by atoms with E-state index in [2.05, 4.69) is 11.8 Å². The molecule has 0 fully saturated rings. The van der Waals surface area contributed by atoms with E-state index in [4.69, 9.17) is 22.1 Å². The van der Waals surface area contributed by atoms with E-state index in [1.54, 1.807) is 6.07 Å². The van der Waals surface area contributed by atoms with E-state index in [0.717, 1.165) is 16.9 Å². The van der Waals surface area contributed by atoms with Crippen LogP contribution in [0.5, 0.6) is 5.75 Å². The van der Waals surface area contributed by atoms with Crippen molar-refractivity contribution in [2.24, 2.45) is 5.73 Å². The van der Waals surface area contributed by atoms with E-state index in [9.17, 15) is 0 Å². The first kappa shape index (κ1) is 13.5. The number of halogens is 1. The summed E-state index contributed by atoms with van der Waals surface area (Å²) in [6.07, 6.45) is 0. The van der Waals surface area contributed by atoms with Crippen LogP contribution in [0, 0.1) is 11.8 Å². The number of benzene rings is 2. The van der Waals surface area contributed by atoms with Gasteiger partial charge in [0.15, 0.2) is 0 Å². The molecular formula is C16H14ClNO. The molecule has 0 aliphatic heterocycles. The average Bonchev–Trinajstić information content (AvgIpc) is 2.46. The molecule has 0 saturated carbocycles.